The van der Waals surface area contributed by atoms with E-state index in [1.54, 1.807) is 10.9 Å². The van der Waals surface area contributed by atoms with Gasteiger partial charge in [0, 0.05) is 23.0 Å². The van der Waals surface area contributed by atoms with E-state index in [-0.39, 0.29) is 17.9 Å². The van der Waals surface area contributed by atoms with Crippen molar-refractivity contribution in [2.75, 3.05) is 5.32 Å². The topological polar surface area (TPSA) is 124 Å². The first-order chi connectivity index (χ1) is 14.1. The molecule has 1 aromatic carbocycles. The standard InChI is InChI=1S/C20H20N8O/c1-11-2-3-12-9-15(6-7-16(12)23-11)28-19-17(26-27-28)10-22-20(25-19)24-14-5-4-13(8-14)18(21)29/h2-3,6-7,9-10,13-14H,4-5,8H2,1H3,(H2,21,29)(H,22,24,25)/t13-,14-/m0/s1. The summed E-state index contributed by atoms with van der Waals surface area (Å²) in [5.74, 6) is 0.168. The minimum atomic E-state index is -0.242. The molecule has 0 bridgehead atoms. The molecule has 1 aliphatic carbocycles. The molecule has 3 aromatic heterocycles. The van der Waals surface area contributed by atoms with Crippen LogP contribution in [0, 0.1) is 12.8 Å². The largest absolute Gasteiger partial charge is 0.369 e. The lowest BCUT2D eigenvalue weighted by Gasteiger charge is -2.12. The van der Waals surface area contributed by atoms with E-state index in [0.717, 1.165) is 35.1 Å². The Morgan fingerprint density at radius 1 is 1.17 bits per heavy atom. The number of primary amides is 1. The smallest absolute Gasteiger partial charge is 0.225 e. The fourth-order valence-corrected chi connectivity index (χ4v) is 3.87. The van der Waals surface area contributed by atoms with Gasteiger partial charge < -0.3 is 11.1 Å². The van der Waals surface area contributed by atoms with Crippen LogP contribution in [0.2, 0.25) is 0 Å². The lowest BCUT2D eigenvalue weighted by Crippen LogP contribution is -2.23. The molecule has 3 heterocycles. The molecule has 146 valence electrons. The van der Waals surface area contributed by atoms with E-state index >= 15 is 0 Å². The molecule has 9 heteroatoms. The summed E-state index contributed by atoms with van der Waals surface area (Å²) in [5.41, 5.74) is 9.41. The Bertz CT molecular complexity index is 1230. The van der Waals surface area contributed by atoms with Crippen molar-refractivity contribution >= 4 is 33.9 Å². The number of carbonyl (C=O) groups excluding carboxylic acids is 1. The monoisotopic (exact) mass is 388 g/mol. The van der Waals surface area contributed by atoms with Crippen LogP contribution in [0.1, 0.15) is 25.0 Å². The normalized spacial score (nSPS) is 19.1. The summed E-state index contributed by atoms with van der Waals surface area (Å²) in [6.07, 6.45) is 4.01. The van der Waals surface area contributed by atoms with E-state index in [2.05, 4.69) is 30.6 Å². The van der Waals surface area contributed by atoms with E-state index in [1.165, 1.54) is 0 Å². The minimum Gasteiger partial charge on any atom is -0.369 e. The van der Waals surface area contributed by atoms with Gasteiger partial charge in [0.25, 0.3) is 0 Å². The number of aryl methyl sites for hydroxylation is 1. The number of aromatic nitrogens is 6. The number of hydrogen-bond donors (Lipinski definition) is 2. The Morgan fingerprint density at radius 2 is 2.07 bits per heavy atom. The van der Waals surface area contributed by atoms with Crippen LogP contribution in [-0.2, 0) is 4.79 Å². The molecule has 1 fully saturated rings. The summed E-state index contributed by atoms with van der Waals surface area (Å²) in [4.78, 5) is 24.9. The van der Waals surface area contributed by atoms with Crippen molar-refractivity contribution in [1.82, 2.24) is 29.9 Å². The van der Waals surface area contributed by atoms with Crippen molar-refractivity contribution in [2.45, 2.75) is 32.2 Å². The number of anilines is 1. The maximum absolute atomic E-state index is 11.4. The number of fused-ring (bicyclic) bond motifs is 2. The highest BCUT2D eigenvalue weighted by Crippen LogP contribution is 2.27. The van der Waals surface area contributed by atoms with Crippen LogP contribution in [0.15, 0.2) is 36.5 Å². The van der Waals surface area contributed by atoms with Gasteiger partial charge >= 0.3 is 0 Å². The van der Waals surface area contributed by atoms with E-state index in [0.29, 0.717) is 23.5 Å². The zero-order chi connectivity index (χ0) is 20.0. The van der Waals surface area contributed by atoms with Crippen LogP contribution in [-0.4, -0.2) is 41.9 Å². The molecule has 1 saturated carbocycles. The summed E-state index contributed by atoms with van der Waals surface area (Å²) in [6.45, 7) is 1.97. The average Bonchev–Trinajstić information content (AvgIpc) is 3.34. The Hall–Kier alpha value is -3.62. The highest BCUT2D eigenvalue weighted by Gasteiger charge is 2.28. The number of pyridine rings is 1. The SMILES string of the molecule is Cc1ccc2cc(-n3nnc4cnc(N[C@H]5CC[C@H](C(N)=O)C5)nc43)ccc2n1. The molecule has 0 spiro atoms. The Balaban J connectivity index is 1.47. The minimum absolute atomic E-state index is 0.0849. The Morgan fingerprint density at radius 3 is 2.90 bits per heavy atom. The molecule has 3 N–H and O–H groups in total. The number of benzene rings is 1. The third-order valence-corrected chi connectivity index (χ3v) is 5.42. The van der Waals surface area contributed by atoms with Gasteiger partial charge in [-0.2, -0.15) is 9.67 Å². The number of nitrogens with two attached hydrogens (primary N) is 1. The van der Waals surface area contributed by atoms with Crippen molar-refractivity contribution in [1.29, 1.82) is 0 Å². The van der Waals surface area contributed by atoms with Gasteiger partial charge in [0.2, 0.25) is 11.9 Å². The molecule has 29 heavy (non-hydrogen) atoms. The zero-order valence-corrected chi connectivity index (χ0v) is 15.9. The summed E-state index contributed by atoms with van der Waals surface area (Å²) in [5, 5.41) is 12.8. The van der Waals surface area contributed by atoms with E-state index in [9.17, 15) is 4.79 Å². The van der Waals surface area contributed by atoms with Gasteiger partial charge in [-0.1, -0.05) is 11.3 Å². The predicted molar refractivity (Wildman–Crippen MR) is 108 cm³/mol. The summed E-state index contributed by atoms with van der Waals surface area (Å²) < 4.78 is 1.70. The van der Waals surface area contributed by atoms with Crippen molar-refractivity contribution in [3.63, 3.8) is 0 Å². The number of carbonyl (C=O) groups is 1. The number of rotatable bonds is 4. The number of hydrogen-bond acceptors (Lipinski definition) is 7. The van der Waals surface area contributed by atoms with Crippen LogP contribution in [0.4, 0.5) is 5.95 Å². The zero-order valence-electron chi connectivity index (χ0n) is 15.9. The lowest BCUT2D eigenvalue weighted by molar-refractivity contribution is -0.121. The maximum atomic E-state index is 11.4. The van der Waals surface area contributed by atoms with E-state index in [1.807, 2.05) is 37.3 Å². The quantitative estimate of drug-likeness (QED) is 0.549. The van der Waals surface area contributed by atoms with Crippen molar-refractivity contribution < 1.29 is 4.79 Å². The molecule has 0 radical (unpaired) electrons. The fraction of sp³-hybridized carbons (Fsp3) is 0.300. The molecule has 2 atom stereocenters. The van der Waals surface area contributed by atoms with Gasteiger partial charge in [0.1, 0.15) is 0 Å². The number of nitrogens with one attached hydrogen (secondary N) is 1. The van der Waals surface area contributed by atoms with Gasteiger partial charge in [-0.25, -0.2) is 4.98 Å². The molecule has 0 unspecified atom stereocenters. The molecule has 0 saturated heterocycles. The second-order valence-corrected chi connectivity index (χ2v) is 7.49. The third kappa shape index (κ3) is 3.24. The molecule has 4 aromatic rings. The van der Waals surface area contributed by atoms with Crippen LogP contribution in [0.5, 0.6) is 0 Å². The molecular formula is C20H20N8O. The molecule has 0 aliphatic heterocycles. The van der Waals surface area contributed by atoms with Crippen LogP contribution < -0.4 is 11.1 Å². The van der Waals surface area contributed by atoms with Gasteiger partial charge in [-0.3, -0.25) is 9.78 Å². The highest BCUT2D eigenvalue weighted by atomic mass is 16.1. The average molecular weight is 388 g/mol. The first-order valence-corrected chi connectivity index (χ1v) is 9.59. The summed E-state index contributed by atoms with van der Waals surface area (Å²) >= 11 is 0. The summed E-state index contributed by atoms with van der Waals surface area (Å²) in [7, 11) is 0. The van der Waals surface area contributed by atoms with Crippen LogP contribution >= 0.6 is 0 Å². The van der Waals surface area contributed by atoms with E-state index in [4.69, 9.17) is 5.73 Å². The third-order valence-electron chi connectivity index (χ3n) is 5.42. The maximum Gasteiger partial charge on any atom is 0.225 e. The predicted octanol–water partition coefficient (Wildman–Crippen LogP) is 2.13. The van der Waals surface area contributed by atoms with Crippen molar-refractivity contribution in [3.8, 4) is 5.69 Å². The van der Waals surface area contributed by atoms with Gasteiger partial charge in [0.05, 0.1) is 17.4 Å². The van der Waals surface area contributed by atoms with Crippen molar-refractivity contribution in [3.05, 3.63) is 42.2 Å². The molecule has 1 amide bonds. The fourth-order valence-electron chi connectivity index (χ4n) is 3.87. The number of amides is 1. The van der Waals surface area contributed by atoms with Crippen LogP contribution in [0.25, 0.3) is 27.8 Å². The van der Waals surface area contributed by atoms with Gasteiger partial charge in [-0.15, -0.1) is 5.10 Å². The van der Waals surface area contributed by atoms with Crippen LogP contribution in [0.3, 0.4) is 0 Å². The Labute approximate surface area is 166 Å². The molecule has 1 aliphatic rings. The Kier molecular flexibility index (Phi) is 4.08. The summed E-state index contributed by atoms with van der Waals surface area (Å²) in [6, 6.07) is 10.1. The number of nitrogens with zero attached hydrogens (tertiary/aromatic N) is 6. The van der Waals surface area contributed by atoms with Gasteiger partial charge in [0.15, 0.2) is 11.2 Å². The molecular weight excluding hydrogens is 368 g/mol. The molecule has 5 rings (SSSR count). The molecule has 9 nitrogen and oxygen atoms in total. The van der Waals surface area contributed by atoms with E-state index < -0.39 is 0 Å². The van der Waals surface area contributed by atoms with Crippen molar-refractivity contribution in [2.24, 2.45) is 11.7 Å². The highest BCUT2D eigenvalue weighted by molar-refractivity contribution is 5.82. The van der Waals surface area contributed by atoms with Gasteiger partial charge in [-0.05, 0) is 50.5 Å². The second-order valence-electron chi connectivity index (χ2n) is 7.49. The first-order valence-electron chi connectivity index (χ1n) is 9.59. The first kappa shape index (κ1) is 17.5. The lowest BCUT2D eigenvalue weighted by atomic mass is 10.1. The second kappa shape index (κ2) is 6.77.